The van der Waals surface area contributed by atoms with Gasteiger partial charge in [0.2, 0.25) is 11.7 Å². The number of benzene rings is 1. The molecule has 4 heteroatoms. The summed E-state index contributed by atoms with van der Waals surface area (Å²) in [6.07, 6.45) is 2.17. The molecule has 19 heavy (non-hydrogen) atoms. The molecule has 0 radical (unpaired) electrons. The van der Waals surface area contributed by atoms with E-state index in [1.807, 2.05) is 19.1 Å². The molecule has 0 spiro atoms. The lowest BCUT2D eigenvalue weighted by molar-refractivity contribution is 0.359. The summed E-state index contributed by atoms with van der Waals surface area (Å²) in [7, 11) is 0. The van der Waals surface area contributed by atoms with E-state index in [4.69, 9.17) is 9.78 Å². The van der Waals surface area contributed by atoms with Crippen molar-refractivity contribution in [2.24, 2.45) is 5.92 Å². The number of nitrogens with zero attached hydrogens (tertiary/aromatic N) is 3. The highest BCUT2D eigenvalue weighted by molar-refractivity contribution is 5.54. The van der Waals surface area contributed by atoms with Gasteiger partial charge in [-0.05, 0) is 17.9 Å². The van der Waals surface area contributed by atoms with Crippen molar-refractivity contribution in [2.75, 3.05) is 0 Å². The molecule has 0 saturated carbocycles. The van der Waals surface area contributed by atoms with Gasteiger partial charge in [-0.1, -0.05) is 43.3 Å². The van der Waals surface area contributed by atoms with Crippen LogP contribution in [-0.4, -0.2) is 10.1 Å². The molecule has 1 unspecified atom stereocenters. The Morgan fingerprint density at radius 3 is 2.68 bits per heavy atom. The molecular weight excluding hydrogens is 238 g/mol. The minimum atomic E-state index is 0.237. The molecule has 0 fully saturated rings. The molecule has 0 amide bonds. The fraction of sp³-hybridized carbons (Fsp3) is 0.400. The topological polar surface area (TPSA) is 62.7 Å². The average molecular weight is 255 g/mol. The Morgan fingerprint density at radius 1 is 1.32 bits per heavy atom. The molecule has 0 aliphatic rings. The molecule has 1 heterocycles. The maximum absolute atomic E-state index is 8.63. The number of hydrogen-bond acceptors (Lipinski definition) is 4. The summed E-state index contributed by atoms with van der Waals surface area (Å²) in [5.74, 6) is 1.44. The maximum Gasteiger partial charge on any atom is 0.227 e. The quantitative estimate of drug-likeness (QED) is 0.821. The normalized spacial score (nSPS) is 12.1. The van der Waals surface area contributed by atoms with Crippen LogP contribution in [0.3, 0.4) is 0 Å². The van der Waals surface area contributed by atoms with Crippen LogP contribution in [0.15, 0.2) is 28.8 Å². The lowest BCUT2D eigenvalue weighted by Crippen LogP contribution is -1.98. The van der Waals surface area contributed by atoms with Crippen LogP contribution in [0.25, 0.3) is 11.4 Å². The first kappa shape index (κ1) is 13.3. The summed E-state index contributed by atoms with van der Waals surface area (Å²) >= 11 is 0. The van der Waals surface area contributed by atoms with Crippen molar-refractivity contribution in [3.05, 3.63) is 35.7 Å². The highest BCUT2D eigenvalue weighted by atomic mass is 16.5. The zero-order valence-electron chi connectivity index (χ0n) is 11.3. The van der Waals surface area contributed by atoms with Crippen LogP contribution in [0.4, 0.5) is 0 Å². The molecule has 0 aliphatic heterocycles. The van der Waals surface area contributed by atoms with E-state index in [0.717, 1.165) is 12.0 Å². The number of aryl methyl sites for hydroxylation is 1. The summed E-state index contributed by atoms with van der Waals surface area (Å²) in [5.41, 5.74) is 2.25. The average Bonchev–Trinajstić information content (AvgIpc) is 2.87. The van der Waals surface area contributed by atoms with Crippen molar-refractivity contribution in [3.63, 3.8) is 0 Å². The van der Waals surface area contributed by atoms with Gasteiger partial charge in [0, 0.05) is 18.4 Å². The zero-order valence-corrected chi connectivity index (χ0v) is 11.3. The van der Waals surface area contributed by atoms with Gasteiger partial charge >= 0.3 is 0 Å². The van der Waals surface area contributed by atoms with Gasteiger partial charge in [0.1, 0.15) is 0 Å². The number of hydrogen-bond donors (Lipinski definition) is 0. The Kier molecular flexibility index (Phi) is 4.30. The minimum Gasteiger partial charge on any atom is -0.339 e. The van der Waals surface area contributed by atoms with Crippen molar-refractivity contribution < 1.29 is 4.52 Å². The van der Waals surface area contributed by atoms with Crippen molar-refractivity contribution in [1.82, 2.24) is 10.1 Å². The second-order valence-corrected chi connectivity index (χ2v) is 4.73. The van der Waals surface area contributed by atoms with Gasteiger partial charge < -0.3 is 4.52 Å². The summed E-state index contributed by atoms with van der Waals surface area (Å²) in [5, 5.41) is 12.6. The molecule has 0 saturated heterocycles. The van der Waals surface area contributed by atoms with Gasteiger partial charge in [-0.2, -0.15) is 10.2 Å². The Hall–Kier alpha value is -2.15. The Labute approximate surface area is 113 Å². The first-order chi connectivity index (χ1) is 9.22. The molecule has 2 rings (SSSR count). The summed E-state index contributed by atoms with van der Waals surface area (Å²) in [6.45, 7) is 4.13. The van der Waals surface area contributed by atoms with E-state index >= 15 is 0 Å². The number of nitriles is 1. The summed E-state index contributed by atoms with van der Waals surface area (Å²) in [4.78, 5) is 4.37. The van der Waals surface area contributed by atoms with Gasteiger partial charge in [-0.25, -0.2) is 0 Å². The van der Waals surface area contributed by atoms with Gasteiger partial charge in [0.25, 0.3) is 0 Å². The van der Waals surface area contributed by atoms with Gasteiger partial charge in [0.15, 0.2) is 0 Å². The molecule has 98 valence electrons. The van der Waals surface area contributed by atoms with Crippen LogP contribution in [0.1, 0.15) is 31.7 Å². The number of aromatic nitrogens is 2. The Bertz CT molecular complexity index is 566. The van der Waals surface area contributed by atoms with Gasteiger partial charge in [0.05, 0.1) is 6.07 Å². The van der Waals surface area contributed by atoms with E-state index in [1.54, 1.807) is 0 Å². The first-order valence-corrected chi connectivity index (χ1v) is 6.51. The van der Waals surface area contributed by atoms with E-state index in [1.165, 1.54) is 5.56 Å². The van der Waals surface area contributed by atoms with Crippen LogP contribution in [-0.2, 0) is 12.8 Å². The third-order valence-electron chi connectivity index (χ3n) is 3.05. The fourth-order valence-corrected chi connectivity index (χ4v) is 1.87. The SMILES string of the molecule is CCc1ccc(-c2noc(CC(C)CC#N)n2)cc1. The highest BCUT2D eigenvalue weighted by Gasteiger charge is 2.11. The molecule has 1 aromatic heterocycles. The fourth-order valence-electron chi connectivity index (χ4n) is 1.87. The molecule has 0 aliphatic carbocycles. The molecule has 1 aromatic carbocycles. The molecular formula is C15H17N3O. The van der Waals surface area contributed by atoms with Crippen molar-refractivity contribution in [1.29, 1.82) is 5.26 Å². The predicted octanol–water partition coefficient (Wildman–Crippen LogP) is 3.39. The van der Waals surface area contributed by atoms with E-state index < -0.39 is 0 Å². The van der Waals surface area contributed by atoms with Crippen LogP contribution in [0.2, 0.25) is 0 Å². The zero-order chi connectivity index (χ0) is 13.7. The van der Waals surface area contributed by atoms with Gasteiger partial charge in [-0.15, -0.1) is 0 Å². The lowest BCUT2D eigenvalue weighted by Gasteiger charge is -2.00. The van der Waals surface area contributed by atoms with E-state index in [0.29, 0.717) is 24.6 Å². The summed E-state index contributed by atoms with van der Waals surface area (Å²) in [6, 6.07) is 10.3. The smallest absolute Gasteiger partial charge is 0.227 e. The second kappa shape index (κ2) is 6.14. The lowest BCUT2D eigenvalue weighted by atomic mass is 10.1. The monoisotopic (exact) mass is 255 g/mol. The predicted molar refractivity (Wildman–Crippen MR) is 72.2 cm³/mol. The van der Waals surface area contributed by atoms with E-state index in [2.05, 4.69) is 35.3 Å². The van der Waals surface area contributed by atoms with Crippen molar-refractivity contribution in [3.8, 4) is 17.5 Å². The largest absolute Gasteiger partial charge is 0.339 e. The minimum absolute atomic E-state index is 0.237. The van der Waals surface area contributed by atoms with Crippen LogP contribution >= 0.6 is 0 Å². The summed E-state index contributed by atoms with van der Waals surface area (Å²) < 4.78 is 5.22. The first-order valence-electron chi connectivity index (χ1n) is 6.51. The molecule has 0 bridgehead atoms. The molecule has 0 N–H and O–H groups in total. The van der Waals surface area contributed by atoms with Crippen molar-refractivity contribution >= 4 is 0 Å². The molecule has 2 aromatic rings. The third-order valence-corrected chi connectivity index (χ3v) is 3.05. The third kappa shape index (κ3) is 3.41. The van der Waals surface area contributed by atoms with Crippen LogP contribution in [0.5, 0.6) is 0 Å². The Balaban J connectivity index is 2.09. The second-order valence-electron chi connectivity index (χ2n) is 4.73. The van der Waals surface area contributed by atoms with Crippen molar-refractivity contribution in [2.45, 2.75) is 33.1 Å². The van der Waals surface area contributed by atoms with E-state index in [9.17, 15) is 0 Å². The molecule has 1 atom stereocenters. The standard InChI is InChI=1S/C15H17N3O/c1-3-12-4-6-13(7-5-12)15-17-14(19-18-15)10-11(2)8-9-16/h4-7,11H,3,8,10H2,1-2H3. The van der Waals surface area contributed by atoms with Crippen LogP contribution in [0, 0.1) is 17.2 Å². The highest BCUT2D eigenvalue weighted by Crippen LogP contribution is 2.18. The van der Waals surface area contributed by atoms with Gasteiger partial charge in [-0.3, -0.25) is 0 Å². The maximum atomic E-state index is 8.63. The molecule has 4 nitrogen and oxygen atoms in total. The van der Waals surface area contributed by atoms with E-state index in [-0.39, 0.29) is 5.92 Å². The Morgan fingerprint density at radius 2 is 2.05 bits per heavy atom. The number of rotatable bonds is 5. The van der Waals surface area contributed by atoms with Crippen LogP contribution < -0.4 is 0 Å².